The average molecular weight is 275 g/mol. The number of amides is 1. The molecule has 0 aliphatic heterocycles. The molecule has 0 fully saturated rings. The van der Waals surface area contributed by atoms with Crippen LogP contribution in [0.5, 0.6) is 0 Å². The van der Waals surface area contributed by atoms with Gasteiger partial charge < -0.3 is 4.74 Å². The maximum Gasteiger partial charge on any atom is 0.427 e. The van der Waals surface area contributed by atoms with Crippen molar-refractivity contribution in [1.82, 2.24) is 5.43 Å². The lowest BCUT2D eigenvalue weighted by Crippen LogP contribution is -2.16. The Morgan fingerprint density at radius 3 is 3.07 bits per heavy atom. The molecule has 15 heavy (non-hydrogen) atoms. The first-order chi connectivity index (χ1) is 7.13. The predicted molar refractivity (Wildman–Crippen MR) is 57.2 cm³/mol. The molecule has 6 heteroatoms. The summed E-state index contributed by atoms with van der Waals surface area (Å²) in [6.45, 7) is 0. The number of nitrogens with one attached hydrogen (secondary N) is 1. The van der Waals surface area contributed by atoms with Crippen LogP contribution >= 0.6 is 15.9 Å². The number of carbonyl (C=O) groups is 1. The Hall–Kier alpha value is -1.43. The quantitative estimate of drug-likeness (QED) is 0.665. The van der Waals surface area contributed by atoms with Crippen molar-refractivity contribution in [2.75, 3.05) is 7.11 Å². The van der Waals surface area contributed by atoms with Gasteiger partial charge in [-0.2, -0.15) is 5.10 Å². The standard InChI is InChI=1S/C9H8BrFN2O2/c1-15-9(14)13-12-5-6-4-7(10)2-3-8(6)11/h2-5H,1H3,(H,13,14)/b12-5+. The summed E-state index contributed by atoms with van der Waals surface area (Å²) in [5.74, 6) is -0.423. The fourth-order valence-electron chi connectivity index (χ4n) is 0.814. The molecule has 4 nitrogen and oxygen atoms in total. The summed E-state index contributed by atoms with van der Waals surface area (Å²) in [6, 6.07) is 4.40. The number of rotatable bonds is 2. The number of ether oxygens (including phenoxy) is 1. The van der Waals surface area contributed by atoms with Crippen molar-refractivity contribution in [3.8, 4) is 0 Å². The minimum atomic E-state index is -0.707. The maximum absolute atomic E-state index is 13.1. The van der Waals surface area contributed by atoms with E-state index < -0.39 is 11.9 Å². The normalized spacial score (nSPS) is 10.3. The van der Waals surface area contributed by atoms with Crippen molar-refractivity contribution in [2.24, 2.45) is 5.10 Å². The fourth-order valence-corrected chi connectivity index (χ4v) is 1.19. The highest BCUT2D eigenvalue weighted by Gasteiger charge is 2.00. The Morgan fingerprint density at radius 1 is 1.67 bits per heavy atom. The number of nitrogens with zero attached hydrogens (tertiary/aromatic N) is 1. The first-order valence-electron chi connectivity index (χ1n) is 3.95. The minimum absolute atomic E-state index is 0.265. The van der Waals surface area contributed by atoms with Gasteiger partial charge in [0.25, 0.3) is 0 Å². The second-order valence-electron chi connectivity index (χ2n) is 2.53. The van der Waals surface area contributed by atoms with Gasteiger partial charge in [0.15, 0.2) is 0 Å². The van der Waals surface area contributed by atoms with Crippen LogP contribution in [0.1, 0.15) is 5.56 Å². The summed E-state index contributed by atoms with van der Waals surface area (Å²) in [4.78, 5) is 10.6. The highest BCUT2D eigenvalue weighted by molar-refractivity contribution is 9.10. The number of benzene rings is 1. The molecule has 0 aliphatic carbocycles. The van der Waals surface area contributed by atoms with E-state index in [0.29, 0.717) is 0 Å². The fraction of sp³-hybridized carbons (Fsp3) is 0.111. The Bertz CT molecular complexity index is 396. The summed E-state index contributed by atoms with van der Waals surface area (Å²) in [5, 5.41) is 3.50. The van der Waals surface area contributed by atoms with E-state index >= 15 is 0 Å². The lowest BCUT2D eigenvalue weighted by molar-refractivity contribution is 0.171. The first kappa shape index (κ1) is 11.6. The van der Waals surface area contributed by atoms with Gasteiger partial charge in [0.05, 0.1) is 13.3 Å². The highest BCUT2D eigenvalue weighted by Crippen LogP contribution is 2.13. The molecule has 80 valence electrons. The van der Waals surface area contributed by atoms with Gasteiger partial charge in [-0.1, -0.05) is 15.9 Å². The summed E-state index contributed by atoms with van der Waals surface area (Å²) in [7, 11) is 1.21. The highest BCUT2D eigenvalue weighted by atomic mass is 79.9. The third-order valence-corrected chi connectivity index (χ3v) is 2.00. The van der Waals surface area contributed by atoms with Crippen LogP contribution in [-0.2, 0) is 4.74 Å². The van der Waals surface area contributed by atoms with Crippen LogP contribution in [-0.4, -0.2) is 19.4 Å². The monoisotopic (exact) mass is 274 g/mol. The summed E-state index contributed by atoms with van der Waals surface area (Å²) < 4.78 is 18.1. The number of halogens is 2. The molecule has 1 amide bonds. The molecule has 0 atom stereocenters. The summed E-state index contributed by atoms with van der Waals surface area (Å²) >= 11 is 3.19. The van der Waals surface area contributed by atoms with E-state index in [1.54, 1.807) is 6.07 Å². The molecule has 0 saturated carbocycles. The summed E-state index contributed by atoms with van der Waals surface area (Å²) in [5.41, 5.74) is 2.32. The van der Waals surface area contributed by atoms with Gasteiger partial charge in [-0.15, -0.1) is 0 Å². The van der Waals surface area contributed by atoms with Crippen LogP contribution in [0, 0.1) is 5.82 Å². The number of hydrogen-bond donors (Lipinski definition) is 1. The van der Waals surface area contributed by atoms with Crippen molar-refractivity contribution >= 4 is 28.2 Å². The Labute approximate surface area is 94.2 Å². The molecule has 0 radical (unpaired) electrons. The van der Waals surface area contributed by atoms with Crippen molar-refractivity contribution in [2.45, 2.75) is 0 Å². The summed E-state index contributed by atoms with van der Waals surface area (Å²) in [6.07, 6.45) is 0.485. The molecule has 0 aromatic heterocycles. The van der Waals surface area contributed by atoms with E-state index in [9.17, 15) is 9.18 Å². The predicted octanol–water partition coefficient (Wildman–Crippen LogP) is 2.28. The number of hydrazone groups is 1. The van der Waals surface area contributed by atoms with Gasteiger partial charge >= 0.3 is 6.09 Å². The van der Waals surface area contributed by atoms with E-state index in [2.05, 4.69) is 31.2 Å². The molecular weight excluding hydrogens is 267 g/mol. The first-order valence-corrected chi connectivity index (χ1v) is 4.75. The van der Waals surface area contributed by atoms with E-state index in [-0.39, 0.29) is 5.56 Å². The molecule has 0 heterocycles. The van der Waals surface area contributed by atoms with E-state index in [1.165, 1.54) is 25.5 Å². The zero-order valence-corrected chi connectivity index (χ0v) is 9.42. The minimum Gasteiger partial charge on any atom is -0.452 e. The topological polar surface area (TPSA) is 50.7 Å². The maximum atomic E-state index is 13.1. The molecule has 0 unspecified atom stereocenters. The van der Waals surface area contributed by atoms with Crippen molar-refractivity contribution in [3.63, 3.8) is 0 Å². The molecule has 0 aliphatic rings. The van der Waals surface area contributed by atoms with Crippen LogP contribution in [0.15, 0.2) is 27.8 Å². The van der Waals surface area contributed by atoms with E-state index in [4.69, 9.17) is 0 Å². The zero-order chi connectivity index (χ0) is 11.3. The van der Waals surface area contributed by atoms with Gasteiger partial charge in [0, 0.05) is 10.0 Å². The Balaban J connectivity index is 2.71. The van der Waals surface area contributed by atoms with Gasteiger partial charge in [0.1, 0.15) is 5.82 Å². The van der Waals surface area contributed by atoms with Gasteiger partial charge in [-0.25, -0.2) is 14.6 Å². The lowest BCUT2D eigenvalue weighted by Gasteiger charge is -1.98. The molecule has 0 saturated heterocycles. The van der Waals surface area contributed by atoms with Crippen LogP contribution in [0.2, 0.25) is 0 Å². The van der Waals surface area contributed by atoms with Gasteiger partial charge in [-0.3, -0.25) is 0 Å². The van der Waals surface area contributed by atoms with Gasteiger partial charge in [-0.05, 0) is 18.2 Å². The SMILES string of the molecule is COC(=O)N/N=C/c1cc(Br)ccc1F. The number of carbonyl (C=O) groups excluding carboxylic acids is 1. The van der Waals surface area contributed by atoms with Crippen LogP contribution in [0.25, 0.3) is 0 Å². The van der Waals surface area contributed by atoms with Crippen LogP contribution in [0.3, 0.4) is 0 Å². The van der Waals surface area contributed by atoms with Crippen molar-refractivity contribution in [3.05, 3.63) is 34.1 Å². The van der Waals surface area contributed by atoms with Crippen LogP contribution in [0.4, 0.5) is 9.18 Å². The zero-order valence-electron chi connectivity index (χ0n) is 7.83. The molecule has 0 bridgehead atoms. The largest absolute Gasteiger partial charge is 0.452 e. The smallest absolute Gasteiger partial charge is 0.427 e. The lowest BCUT2D eigenvalue weighted by atomic mass is 10.2. The van der Waals surface area contributed by atoms with Gasteiger partial charge in [0.2, 0.25) is 0 Å². The third kappa shape index (κ3) is 3.67. The molecule has 1 N–H and O–H groups in total. The third-order valence-electron chi connectivity index (χ3n) is 1.50. The average Bonchev–Trinajstić information content (AvgIpc) is 2.23. The van der Waals surface area contributed by atoms with Crippen molar-refractivity contribution < 1.29 is 13.9 Å². The van der Waals surface area contributed by atoms with Crippen LogP contribution < -0.4 is 5.43 Å². The molecular formula is C9H8BrFN2O2. The van der Waals surface area contributed by atoms with E-state index in [0.717, 1.165) is 4.47 Å². The molecule has 0 spiro atoms. The number of hydrogen-bond acceptors (Lipinski definition) is 3. The molecule has 1 aromatic rings. The Morgan fingerprint density at radius 2 is 2.40 bits per heavy atom. The molecule has 1 rings (SSSR count). The number of methoxy groups -OCH3 is 1. The van der Waals surface area contributed by atoms with E-state index in [1.807, 2.05) is 0 Å². The van der Waals surface area contributed by atoms with Crippen molar-refractivity contribution in [1.29, 1.82) is 0 Å². The molecule has 1 aromatic carbocycles. The Kier molecular flexibility index (Phi) is 4.23. The second-order valence-corrected chi connectivity index (χ2v) is 3.44. The second kappa shape index (κ2) is 5.45.